The smallest absolute Gasteiger partial charge is 0.281 e. The monoisotopic (exact) mass is 322 g/mol. The average molecular weight is 322 g/mol. The van der Waals surface area contributed by atoms with E-state index in [-0.39, 0.29) is 24.0 Å². The van der Waals surface area contributed by atoms with Crippen LogP contribution in [0.2, 0.25) is 0 Å². The topological polar surface area (TPSA) is 67.9 Å². The van der Waals surface area contributed by atoms with Crippen LogP contribution in [0, 0.1) is 0 Å². The van der Waals surface area contributed by atoms with Gasteiger partial charge in [0.1, 0.15) is 0 Å². The van der Waals surface area contributed by atoms with Crippen LogP contribution in [-0.2, 0) is 4.79 Å². The molecule has 2 heterocycles. The van der Waals surface area contributed by atoms with Crippen LogP contribution in [0.15, 0.2) is 18.2 Å². The van der Waals surface area contributed by atoms with Crippen LogP contribution in [0.1, 0.15) is 24.9 Å². The quantitative estimate of drug-likeness (QED) is 0.899. The molecular weight excluding hydrogens is 304 g/mol. The zero-order valence-electron chi connectivity index (χ0n) is 12.3. The lowest BCUT2D eigenvalue weighted by atomic mass is 10.1. The minimum Gasteiger partial charge on any atom is -0.454 e. The molecule has 3 rings (SSSR count). The second-order valence-corrected chi connectivity index (χ2v) is 6.30. The molecule has 0 spiro atoms. The lowest BCUT2D eigenvalue weighted by molar-refractivity contribution is -0.121. The Morgan fingerprint density at radius 2 is 2.23 bits per heavy atom. The van der Waals surface area contributed by atoms with Gasteiger partial charge in [-0.3, -0.25) is 9.59 Å². The third-order valence-electron chi connectivity index (χ3n) is 3.73. The number of hydrogen-bond donors (Lipinski definition) is 1. The van der Waals surface area contributed by atoms with E-state index in [2.05, 4.69) is 5.32 Å². The van der Waals surface area contributed by atoms with Gasteiger partial charge in [-0.1, -0.05) is 17.8 Å². The van der Waals surface area contributed by atoms with Crippen molar-refractivity contribution in [3.8, 4) is 11.5 Å². The standard InChI is InChI=1S/C15H18N2O4S/c1-10(11-2-3-12-13(8-11)21-9-20-12)16-14(18)4-5-17-6-7-22-15(17)19/h2-3,8,10H,4-7,9H2,1H3,(H,16,18). The van der Waals surface area contributed by atoms with Gasteiger partial charge in [0.2, 0.25) is 12.7 Å². The molecule has 1 saturated heterocycles. The maximum atomic E-state index is 12.0. The van der Waals surface area contributed by atoms with Crippen molar-refractivity contribution in [2.75, 3.05) is 25.6 Å². The Bertz CT molecular complexity index is 593. The predicted octanol–water partition coefficient (Wildman–Crippen LogP) is 2.15. The molecular formula is C15H18N2O4S. The number of fused-ring (bicyclic) bond motifs is 1. The van der Waals surface area contributed by atoms with Crippen molar-refractivity contribution < 1.29 is 19.1 Å². The first-order valence-electron chi connectivity index (χ1n) is 7.24. The van der Waals surface area contributed by atoms with Crippen LogP contribution in [0.4, 0.5) is 4.79 Å². The van der Waals surface area contributed by atoms with Gasteiger partial charge in [-0.05, 0) is 24.6 Å². The largest absolute Gasteiger partial charge is 0.454 e. The Morgan fingerprint density at radius 3 is 3.00 bits per heavy atom. The zero-order chi connectivity index (χ0) is 15.5. The van der Waals surface area contributed by atoms with E-state index in [1.807, 2.05) is 25.1 Å². The fourth-order valence-corrected chi connectivity index (χ4v) is 3.30. The molecule has 1 aromatic carbocycles. The molecule has 0 saturated carbocycles. The Morgan fingerprint density at radius 1 is 1.41 bits per heavy atom. The molecule has 1 N–H and O–H groups in total. The molecule has 1 unspecified atom stereocenters. The number of carbonyl (C=O) groups is 2. The number of amides is 2. The summed E-state index contributed by atoms with van der Waals surface area (Å²) in [4.78, 5) is 25.2. The molecule has 2 aliphatic heterocycles. The highest BCUT2D eigenvalue weighted by molar-refractivity contribution is 8.13. The summed E-state index contributed by atoms with van der Waals surface area (Å²) in [5, 5.41) is 3.01. The number of benzene rings is 1. The molecule has 0 aromatic heterocycles. The lowest BCUT2D eigenvalue weighted by Gasteiger charge is -2.17. The van der Waals surface area contributed by atoms with Crippen LogP contribution in [0.25, 0.3) is 0 Å². The fraction of sp³-hybridized carbons (Fsp3) is 0.467. The molecule has 2 amide bonds. The number of nitrogens with one attached hydrogen (secondary N) is 1. The van der Waals surface area contributed by atoms with Gasteiger partial charge >= 0.3 is 0 Å². The highest BCUT2D eigenvalue weighted by atomic mass is 32.2. The van der Waals surface area contributed by atoms with Crippen LogP contribution in [0.3, 0.4) is 0 Å². The second kappa shape index (κ2) is 6.48. The third-order valence-corrected chi connectivity index (χ3v) is 4.62. The Kier molecular flexibility index (Phi) is 4.42. The van der Waals surface area contributed by atoms with E-state index in [9.17, 15) is 9.59 Å². The van der Waals surface area contributed by atoms with Crippen molar-refractivity contribution in [3.05, 3.63) is 23.8 Å². The number of nitrogens with zero attached hydrogens (tertiary/aromatic N) is 1. The predicted molar refractivity (Wildman–Crippen MR) is 83.2 cm³/mol. The van der Waals surface area contributed by atoms with E-state index in [1.165, 1.54) is 11.8 Å². The summed E-state index contributed by atoms with van der Waals surface area (Å²) in [5.41, 5.74) is 0.963. The molecule has 2 aliphatic rings. The number of hydrogen-bond acceptors (Lipinski definition) is 5. The fourth-order valence-electron chi connectivity index (χ4n) is 2.44. The van der Waals surface area contributed by atoms with E-state index < -0.39 is 0 Å². The molecule has 7 heteroatoms. The SMILES string of the molecule is CC(NC(=O)CCN1CCSC1=O)c1ccc2c(c1)OCO2. The average Bonchev–Trinajstić information content (AvgIpc) is 3.12. The highest BCUT2D eigenvalue weighted by Gasteiger charge is 2.22. The van der Waals surface area contributed by atoms with Gasteiger partial charge in [-0.25, -0.2) is 0 Å². The molecule has 0 radical (unpaired) electrons. The molecule has 1 aromatic rings. The van der Waals surface area contributed by atoms with E-state index in [1.54, 1.807) is 4.90 Å². The second-order valence-electron chi connectivity index (χ2n) is 5.25. The minimum atomic E-state index is -0.120. The van der Waals surface area contributed by atoms with Crippen molar-refractivity contribution >= 4 is 22.9 Å². The number of carbonyl (C=O) groups excluding carboxylic acids is 2. The van der Waals surface area contributed by atoms with Gasteiger partial charge < -0.3 is 19.7 Å². The number of ether oxygens (including phenoxy) is 2. The highest BCUT2D eigenvalue weighted by Crippen LogP contribution is 2.34. The van der Waals surface area contributed by atoms with Crippen LogP contribution in [-0.4, -0.2) is 41.7 Å². The van der Waals surface area contributed by atoms with Crippen molar-refractivity contribution in [2.45, 2.75) is 19.4 Å². The summed E-state index contributed by atoms with van der Waals surface area (Å²) in [6.07, 6.45) is 0.321. The van der Waals surface area contributed by atoms with Gasteiger partial charge in [0.05, 0.1) is 6.04 Å². The van der Waals surface area contributed by atoms with Gasteiger partial charge in [-0.2, -0.15) is 0 Å². The third kappa shape index (κ3) is 3.30. The summed E-state index contributed by atoms with van der Waals surface area (Å²) in [6.45, 7) is 3.37. The van der Waals surface area contributed by atoms with Crippen molar-refractivity contribution in [1.82, 2.24) is 10.2 Å². The first kappa shape index (κ1) is 15.0. The maximum Gasteiger partial charge on any atom is 0.281 e. The van der Waals surface area contributed by atoms with Crippen molar-refractivity contribution in [3.63, 3.8) is 0 Å². The molecule has 6 nitrogen and oxygen atoms in total. The molecule has 0 aliphatic carbocycles. The first-order chi connectivity index (χ1) is 10.6. The van der Waals surface area contributed by atoms with Crippen LogP contribution >= 0.6 is 11.8 Å². The summed E-state index contributed by atoms with van der Waals surface area (Å²) in [6, 6.07) is 5.53. The lowest BCUT2D eigenvalue weighted by Crippen LogP contribution is -2.32. The van der Waals surface area contributed by atoms with Gasteiger partial charge in [0.15, 0.2) is 11.5 Å². The molecule has 22 heavy (non-hydrogen) atoms. The van der Waals surface area contributed by atoms with E-state index in [4.69, 9.17) is 9.47 Å². The van der Waals surface area contributed by atoms with Crippen LogP contribution in [0.5, 0.6) is 11.5 Å². The summed E-state index contributed by atoms with van der Waals surface area (Å²) < 4.78 is 10.6. The summed E-state index contributed by atoms with van der Waals surface area (Å²) in [5.74, 6) is 2.19. The van der Waals surface area contributed by atoms with Crippen LogP contribution < -0.4 is 14.8 Å². The Labute approximate surface area is 133 Å². The Hall–Kier alpha value is -1.89. The molecule has 1 atom stereocenters. The molecule has 118 valence electrons. The van der Waals surface area contributed by atoms with Gasteiger partial charge in [0, 0.05) is 25.3 Å². The summed E-state index contributed by atoms with van der Waals surface area (Å²) >= 11 is 1.31. The number of rotatable bonds is 5. The normalized spacial score (nSPS) is 17.7. The molecule has 1 fully saturated rings. The zero-order valence-corrected chi connectivity index (χ0v) is 13.1. The van der Waals surface area contributed by atoms with Crippen molar-refractivity contribution in [2.24, 2.45) is 0 Å². The molecule has 0 bridgehead atoms. The van der Waals surface area contributed by atoms with Gasteiger partial charge in [0.25, 0.3) is 5.24 Å². The first-order valence-corrected chi connectivity index (χ1v) is 8.22. The Balaban J connectivity index is 1.51. The number of thioether (sulfide) groups is 1. The van der Waals surface area contributed by atoms with Gasteiger partial charge in [-0.15, -0.1) is 0 Å². The van der Waals surface area contributed by atoms with E-state index in [0.29, 0.717) is 18.7 Å². The van der Waals surface area contributed by atoms with E-state index >= 15 is 0 Å². The maximum absolute atomic E-state index is 12.0. The summed E-state index contributed by atoms with van der Waals surface area (Å²) in [7, 11) is 0. The minimum absolute atomic E-state index is 0.0603. The van der Waals surface area contributed by atoms with E-state index in [0.717, 1.165) is 23.6 Å². The van der Waals surface area contributed by atoms with Crippen molar-refractivity contribution in [1.29, 1.82) is 0 Å².